The highest BCUT2D eigenvalue weighted by molar-refractivity contribution is 5.76. The fourth-order valence-corrected chi connectivity index (χ4v) is 2.55. The highest BCUT2D eigenvalue weighted by Crippen LogP contribution is 2.38. The van der Waals surface area contributed by atoms with Crippen LogP contribution in [0.15, 0.2) is 24.8 Å². The molecule has 0 saturated carbocycles. The van der Waals surface area contributed by atoms with Crippen LogP contribution in [0, 0.1) is 0 Å². The van der Waals surface area contributed by atoms with E-state index in [1.54, 1.807) is 34.8 Å². The molecule has 0 aliphatic carbocycles. The molecule has 0 aliphatic heterocycles. The molecule has 24 heavy (non-hydrogen) atoms. The van der Waals surface area contributed by atoms with Crippen LogP contribution in [0.4, 0.5) is 0 Å². The zero-order chi connectivity index (χ0) is 17.1. The number of hydrogen-bond acceptors (Lipinski definition) is 7. The first-order chi connectivity index (χ1) is 11.7. The Morgan fingerprint density at radius 2 is 1.58 bits per heavy atom. The first-order valence-electron chi connectivity index (χ1n) is 7.20. The summed E-state index contributed by atoms with van der Waals surface area (Å²) in [5.41, 5.74) is 2.27. The van der Waals surface area contributed by atoms with E-state index in [9.17, 15) is 0 Å². The number of imidazole rings is 1. The molecular formula is C16H18N4O4. The van der Waals surface area contributed by atoms with Crippen molar-refractivity contribution in [2.24, 2.45) is 0 Å². The number of methoxy groups -OCH3 is 4. The smallest absolute Gasteiger partial charge is 0.245 e. The van der Waals surface area contributed by atoms with Crippen molar-refractivity contribution in [3.8, 4) is 23.1 Å². The summed E-state index contributed by atoms with van der Waals surface area (Å²) in [6.45, 7) is 0.535. The van der Waals surface area contributed by atoms with Gasteiger partial charge in [-0.3, -0.25) is 0 Å². The van der Waals surface area contributed by atoms with Crippen LogP contribution >= 0.6 is 0 Å². The Morgan fingerprint density at radius 3 is 2.17 bits per heavy atom. The minimum absolute atomic E-state index is 0.448. The number of fused-ring (bicyclic) bond motifs is 1. The highest BCUT2D eigenvalue weighted by atomic mass is 16.5. The second kappa shape index (κ2) is 6.61. The predicted molar refractivity (Wildman–Crippen MR) is 87.1 cm³/mol. The number of hydrogen-bond donors (Lipinski definition) is 0. The van der Waals surface area contributed by atoms with Crippen molar-refractivity contribution < 1.29 is 18.9 Å². The molecule has 0 atom stereocenters. The zero-order valence-electron chi connectivity index (χ0n) is 13.9. The molecule has 3 aromatic rings. The molecule has 126 valence electrons. The van der Waals surface area contributed by atoms with Crippen LogP contribution in [0.2, 0.25) is 0 Å². The third-order valence-electron chi connectivity index (χ3n) is 3.64. The van der Waals surface area contributed by atoms with Crippen LogP contribution in [0.5, 0.6) is 23.1 Å². The van der Waals surface area contributed by atoms with Gasteiger partial charge in [-0.2, -0.15) is 4.98 Å². The fraction of sp³-hybridized carbons (Fsp3) is 0.312. The summed E-state index contributed by atoms with van der Waals surface area (Å²) in [6.07, 6.45) is 3.15. The number of ether oxygens (including phenoxy) is 4. The van der Waals surface area contributed by atoms with E-state index in [2.05, 4.69) is 15.0 Å². The molecular weight excluding hydrogens is 312 g/mol. The largest absolute Gasteiger partial charge is 0.493 e. The van der Waals surface area contributed by atoms with Crippen LogP contribution in [-0.4, -0.2) is 48.0 Å². The first kappa shape index (κ1) is 15.9. The lowest BCUT2D eigenvalue weighted by Crippen LogP contribution is -2.02. The van der Waals surface area contributed by atoms with E-state index in [-0.39, 0.29) is 0 Å². The Hall–Kier alpha value is -3.03. The lowest BCUT2D eigenvalue weighted by atomic mass is 10.1. The van der Waals surface area contributed by atoms with E-state index in [1.807, 2.05) is 16.7 Å². The molecule has 2 aromatic heterocycles. The van der Waals surface area contributed by atoms with Gasteiger partial charge in [-0.25, -0.2) is 9.97 Å². The van der Waals surface area contributed by atoms with Crippen LogP contribution in [0.3, 0.4) is 0 Å². The summed E-state index contributed by atoms with van der Waals surface area (Å²) in [4.78, 5) is 12.7. The topological polar surface area (TPSA) is 80.5 Å². The van der Waals surface area contributed by atoms with Gasteiger partial charge in [-0.15, -0.1) is 0 Å². The van der Waals surface area contributed by atoms with Gasteiger partial charge in [0.05, 0.1) is 41.3 Å². The van der Waals surface area contributed by atoms with Crippen molar-refractivity contribution in [1.82, 2.24) is 19.5 Å². The second-order valence-electron chi connectivity index (χ2n) is 4.96. The Labute approximate surface area is 139 Å². The minimum Gasteiger partial charge on any atom is -0.493 e. The highest BCUT2D eigenvalue weighted by Gasteiger charge is 2.15. The van der Waals surface area contributed by atoms with Crippen molar-refractivity contribution in [1.29, 1.82) is 0 Å². The number of aromatic nitrogens is 4. The third kappa shape index (κ3) is 2.66. The van der Waals surface area contributed by atoms with Crippen LogP contribution in [0.25, 0.3) is 11.2 Å². The maximum Gasteiger partial charge on any atom is 0.245 e. The van der Waals surface area contributed by atoms with Crippen molar-refractivity contribution in [2.45, 2.75) is 6.54 Å². The number of benzene rings is 1. The maximum atomic E-state index is 5.39. The summed E-state index contributed by atoms with van der Waals surface area (Å²) >= 11 is 0. The number of rotatable bonds is 6. The van der Waals surface area contributed by atoms with E-state index in [1.165, 1.54) is 6.33 Å². The molecule has 0 saturated heterocycles. The van der Waals surface area contributed by atoms with Crippen molar-refractivity contribution >= 4 is 11.2 Å². The Balaban J connectivity index is 2.03. The first-order valence-corrected chi connectivity index (χ1v) is 7.20. The molecule has 0 N–H and O–H groups in total. The van der Waals surface area contributed by atoms with Crippen LogP contribution in [-0.2, 0) is 6.54 Å². The van der Waals surface area contributed by atoms with E-state index < -0.39 is 0 Å². The molecule has 0 radical (unpaired) electrons. The normalized spacial score (nSPS) is 10.7. The quantitative estimate of drug-likeness (QED) is 0.683. The lowest BCUT2D eigenvalue weighted by Gasteiger charge is -2.14. The van der Waals surface area contributed by atoms with Gasteiger partial charge in [0.1, 0.15) is 6.33 Å². The molecule has 0 spiro atoms. The molecule has 0 aliphatic rings. The molecule has 0 bridgehead atoms. The molecule has 1 aromatic carbocycles. The van der Waals surface area contributed by atoms with Crippen LogP contribution in [0.1, 0.15) is 5.56 Å². The molecule has 3 rings (SSSR count). The number of nitrogens with zero attached hydrogens (tertiary/aromatic N) is 4. The monoisotopic (exact) mass is 330 g/mol. The summed E-state index contributed by atoms with van der Waals surface area (Å²) in [5.74, 6) is 2.21. The van der Waals surface area contributed by atoms with Gasteiger partial charge in [0, 0.05) is 0 Å². The van der Waals surface area contributed by atoms with E-state index >= 15 is 0 Å². The molecule has 0 amide bonds. The fourth-order valence-electron chi connectivity index (χ4n) is 2.55. The Bertz CT molecular complexity index is 837. The van der Waals surface area contributed by atoms with E-state index in [4.69, 9.17) is 18.9 Å². The van der Waals surface area contributed by atoms with Gasteiger partial charge >= 0.3 is 0 Å². The van der Waals surface area contributed by atoms with Gasteiger partial charge in [-0.05, 0) is 17.7 Å². The average molecular weight is 330 g/mol. The lowest BCUT2D eigenvalue weighted by molar-refractivity contribution is 0.323. The van der Waals surface area contributed by atoms with E-state index in [0.29, 0.717) is 40.8 Å². The molecule has 0 unspecified atom stereocenters. The Kier molecular flexibility index (Phi) is 4.37. The van der Waals surface area contributed by atoms with Gasteiger partial charge in [0.25, 0.3) is 0 Å². The molecule has 8 nitrogen and oxygen atoms in total. The molecule has 8 heteroatoms. The SMILES string of the molecule is COc1cc(Cn2cnc3c(OC)ncnc32)cc(OC)c1OC. The van der Waals surface area contributed by atoms with Gasteiger partial charge < -0.3 is 23.5 Å². The zero-order valence-corrected chi connectivity index (χ0v) is 13.9. The summed E-state index contributed by atoms with van der Waals surface area (Å²) in [7, 11) is 6.31. The average Bonchev–Trinajstić information content (AvgIpc) is 3.03. The van der Waals surface area contributed by atoms with Gasteiger partial charge in [0.15, 0.2) is 22.7 Å². The standard InChI is InChI=1S/C16H18N4O4/c1-21-11-5-10(6-12(22-2)14(11)23-3)7-20-9-19-13-15(20)17-8-18-16(13)24-4/h5-6,8-9H,7H2,1-4H3. The van der Waals surface area contributed by atoms with Crippen molar-refractivity contribution in [3.05, 3.63) is 30.4 Å². The van der Waals surface area contributed by atoms with E-state index in [0.717, 1.165) is 5.56 Å². The second-order valence-corrected chi connectivity index (χ2v) is 4.96. The van der Waals surface area contributed by atoms with Crippen molar-refractivity contribution in [2.75, 3.05) is 28.4 Å². The summed E-state index contributed by atoms with van der Waals surface area (Å²) in [5, 5.41) is 0. The van der Waals surface area contributed by atoms with Gasteiger partial charge in [0.2, 0.25) is 11.6 Å². The molecule has 0 fully saturated rings. The predicted octanol–water partition coefficient (Wildman–Crippen LogP) is 1.91. The minimum atomic E-state index is 0.448. The summed E-state index contributed by atoms with van der Waals surface area (Å²) in [6, 6.07) is 3.79. The summed E-state index contributed by atoms with van der Waals surface area (Å²) < 4.78 is 23.2. The van der Waals surface area contributed by atoms with Crippen molar-refractivity contribution in [3.63, 3.8) is 0 Å². The third-order valence-corrected chi connectivity index (χ3v) is 3.64. The maximum absolute atomic E-state index is 5.39. The molecule has 2 heterocycles. The van der Waals surface area contributed by atoms with Gasteiger partial charge in [-0.1, -0.05) is 0 Å². The van der Waals surface area contributed by atoms with Crippen LogP contribution < -0.4 is 18.9 Å². The Morgan fingerprint density at radius 1 is 0.875 bits per heavy atom.